The first kappa shape index (κ1) is 61.6. The quantitative estimate of drug-likeness (QED) is 0.0671. The third-order valence-corrected chi connectivity index (χ3v) is 5.70. The van der Waals surface area contributed by atoms with Gasteiger partial charge in [-0.05, 0) is 64.9 Å². The zero-order valence-corrected chi connectivity index (χ0v) is 38.5. The predicted octanol–water partition coefficient (Wildman–Crippen LogP) is 13.1. The minimum atomic E-state index is -0.799. The molecule has 0 atom stereocenters. The summed E-state index contributed by atoms with van der Waals surface area (Å²) < 4.78 is 18.9. The van der Waals surface area contributed by atoms with E-state index in [1.54, 1.807) is 12.1 Å². The van der Waals surface area contributed by atoms with Crippen LogP contribution in [0.1, 0.15) is 50.5 Å². The Bertz CT molecular complexity index is 1350. The summed E-state index contributed by atoms with van der Waals surface area (Å²) in [6, 6.07) is 28.2. The van der Waals surface area contributed by atoms with Crippen molar-refractivity contribution in [2.45, 2.75) is 54.4 Å². The van der Waals surface area contributed by atoms with Gasteiger partial charge in [0.1, 0.15) is 0 Å². The van der Waals surface area contributed by atoms with Gasteiger partial charge in [0, 0.05) is 73.5 Å². The average Bonchev–Trinajstić information content (AvgIpc) is 3.12. The summed E-state index contributed by atoms with van der Waals surface area (Å²) in [6.07, 6.45) is 2.87. The molecule has 3 N–H and O–H groups in total. The molecular weight excluding hydrogens is 1140 g/mol. The minimum absolute atomic E-state index is 0. The second kappa shape index (κ2) is 44.8. The molecular formula is C35H49ArFI4N4O4S. The Morgan fingerprint density at radius 1 is 0.660 bits per heavy atom. The molecule has 0 amide bonds. The number of aryl methyl sites for hydroxylation is 4. The Hall–Kier alpha value is -0.390. The van der Waals surface area contributed by atoms with Crippen molar-refractivity contribution in [3.8, 4) is 0 Å². The molecule has 0 saturated heterocycles. The van der Waals surface area contributed by atoms with Crippen molar-refractivity contribution in [3.63, 3.8) is 0 Å². The molecule has 0 unspecified atom stereocenters. The number of alkyl halides is 4. The van der Waals surface area contributed by atoms with Gasteiger partial charge in [0.05, 0.1) is 12.3 Å². The average molecular weight is 1190 g/mol. The predicted molar refractivity (Wildman–Crippen MR) is 246 cm³/mol. The largest absolute Gasteiger partial charge is 0.399 e. The molecule has 4 aromatic carbocycles. The SMILES string of the molecule is C.CCc1ccccc1C.CCc1ccccc1N.CCc1ccccc1[N+](=O)[O-].CI.CI.ICI.N=S.O=[N+]([O-])c1ccccc1F.[Ar]. The molecule has 0 heterocycles. The van der Waals surface area contributed by atoms with E-state index in [2.05, 4.69) is 154 Å². The van der Waals surface area contributed by atoms with Crippen LogP contribution in [0.3, 0.4) is 0 Å². The van der Waals surface area contributed by atoms with Gasteiger partial charge in [0.2, 0.25) is 5.82 Å². The second-order valence-electron chi connectivity index (χ2n) is 8.38. The fourth-order valence-corrected chi connectivity index (χ4v) is 3.45. The van der Waals surface area contributed by atoms with E-state index < -0.39 is 16.4 Å². The third-order valence-electron chi connectivity index (χ3n) is 5.70. The Labute approximate surface area is 389 Å². The Kier molecular flexibility index (Phi) is 55.2. The number of nitrogens with zero attached hydrogens (tertiary/aromatic N) is 2. The molecule has 0 aliphatic rings. The summed E-state index contributed by atoms with van der Waals surface area (Å²) in [4.78, 5) is 23.2. The van der Waals surface area contributed by atoms with Gasteiger partial charge in [-0.2, -0.15) is 4.39 Å². The van der Waals surface area contributed by atoms with E-state index in [0.29, 0.717) is 6.42 Å². The number of nitrogens with one attached hydrogen (secondary N) is 1. The summed E-state index contributed by atoms with van der Waals surface area (Å²) in [5.74, 6) is -0.799. The number of rotatable bonds is 5. The first-order chi connectivity index (χ1) is 23.1. The third kappa shape index (κ3) is 31.2. The molecule has 0 spiro atoms. The van der Waals surface area contributed by atoms with Crippen molar-refractivity contribution in [2.75, 3.05) is 18.0 Å². The summed E-state index contributed by atoms with van der Waals surface area (Å²) in [5.41, 5.74) is 11.1. The van der Waals surface area contributed by atoms with E-state index in [-0.39, 0.29) is 55.8 Å². The van der Waals surface area contributed by atoms with Gasteiger partial charge in [-0.3, -0.25) is 20.2 Å². The zero-order chi connectivity index (χ0) is 37.9. The van der Waals surface area contributed by atoms with Crippen molar-refractivity contribution in [2.24, 2.45) is 0 Å². The number of anilines is 1. The fraction of sp³-hybridized carbons (Fsp3) is 0.314. The van der Waals surface area contributed by atoms with Gasteiger partial charge in [-0.1, -0.05) is 191 Å². The molecule has 4 rings (SSSR count). The first-order valence-corrected chi connectivity index (χ1v) is 21.9. The standard InChI is InChI=1S/C9H12.C8H9NO2.C8H11N.C6H4FNO2.CH2I2.2CH3I.CH4.Ar.HNS/c1-3-9-7-5-4-6-8(9)2;1-2-7-5-3-4-6-8(7)9(10)11;1-2-7-5-3-4-6-8(7)9;7-5-3-1-2-4-6(5)8(9)10;2-1-3;2*1-2;;;1-2/h4-7H,3H2,1-2H3;3-6H,2H2,1H3;3-6H,2,9H2,1H3;1-4H;1H2;2*1H3;1H4;;1H. The van der Waals surface area contributed by atoms with Gasteiger partial charge in [-0.25, -0.2) is 4.78 Å². The van der Waals surface area contributed by atoms with Crippen molar-refractivity contribution < 1.29 is 52.0 Å². The number of nitro benzene ring substituents is 2. The van der Waals surface area contributed by atoms with E-state index >= 15 is 0 Å². The number of nitro groups is 2. The molecule has 0 aromatic heterocycles. The number of nitrogens with two attached hydrogens (primary N) is 1. The van der Waals surface area contributed by atoms with Crippen molar-refractivity contribution in [1.82, 2.24) is 0 Å². The van der Waals surface area contributed by atoms with Crippen LogP contribution in [-0.4, -0.2) is 22.1 Å². The van der Waals surface area contributed by atoms with Gasteiger partial charge < -0.3 is 5.73 Å². The van der Waals surface area contributed by atoms with E-state index in [1.807, 2.05) is 41.1 Å². The molecule has 50 heavy (non-hydrogen) atoms. The van der Waals surface area contributed by atoms with Crippen molar-refractivity contribution >= 4 is 120 Å². The van der Waals surface area contributed by atoms with Crippen molar-refractivity contribution in [3.05, 3.63) is 145 Å². The Morgan fingerprint density at radius 2 is 0.980 bits per heavy atom. The number of halogens is 5. The second-order valence-corrected chi connectivity index (χ2v) is 12.8. The summed E-state index contributed by atoms with van der Waals surface area (Å²) >= 11 is 12.2. The molecule has 282 valence electrons. The number of benzene rings is 4. The van der Waals surface area contributed by atoms with E-state index in [0.717, 1.165) is 36.2 Å². The number of hydrogen-bond donors (Lipinski definition) is 2. The van der Waals surface area contributed by atoms with Gasteiger partial charge in [0.15, 0.2) is 0 Å². The summed E-state index contributed by atoms with van der Waals surface area (Å²) in [7, 11) is 0. The van der Waals surface area contributed by atoms with Gasteiger partial charge in [0.25, 0.3) is 5.69 Å². The van der Waals surface area contributed by atoms with Crippen molar-refractivity contribution in [1.29, 1.82) is 4.78 Å². The maximum absolute atomic E-state index is 12.4. The number of para-hydroxylation sites is 3. The molecule has 0 aliphatic carbocycles. The van der Waals surface area contributed by atoms with Crippen LogP contribution >= 0.6 is 90.4 Å². The Morgan fingerprint density at radius 3 is 1.26 bits per heavy atom. The normalized spacial score (nSPS) is 8.06. The summed E-state index contributed by atoms with van der Waals surface area (Å²) in [6.45, 7) is 8.34. The molecule has 0 radical (unpaired) electrons. The monoisotopic (exact) mass is 1190 g/mol. The maximum Gasteiger partial charge on any atom is 0.304 e. The van der Waals surface area contributed by atoms with E-state index in [4.69, 9.17) is 10.5 Å². The molecule has 0 saturated carbocycles. The van der Waals surface area contributed by atoms with Crippen LogP contribution in [0.15, 0.2) is 97.1 Å². The molecule has 0 bridgehead atoms. The van der Waals surface area contributed by atoms with Crippen LogP contribution < -0.4 is 5.73 Å². The molecule has 8 nitrogen and oxygen atoms in total. The molecule has 0 aliphatic heterocycles. The van der Waals surface area contributed by atoms with Gasteiger partial charge in [-0.15, -0.1) is 0 Å². The van der Waals surface area contributed by atoms with Crippen LogP contribution in [0.25, 0.3) is 0 Å². The van der Waals surface area contributed by atoms with Crippen LogP contribution in [0, 0.1) is 75.5 Å². The zero-order valence-electron chi connectivity index (χ0n) is 28.3. The van der Waals surface area contributed by atoms with Crippen LogP contribution in [0.4, 0.5) is 21.5 Å². The van der Waals surface area contributed by atoms with Gasteiger partial charge >= 0.3 is 5.69 Å². The van der Waals surface area contributed by atoms with E-state index in [9.17, 15) is 24.6 Å². The number of nitrogen functional groups attached to an aromatic ring is 1. The number of hydrogen-bond acceptors (Lipinski definition) is 7. The molecule has 15 heteroatoms. The molecule has 0 fully saturated rings. The van der Waals surface area contributed by atoms with Crippen LogP contribution in [-0.2, 0) is 31.7 Å². The fourth-order valence-electron chi connectivity index (χ4n) is 3.45. The van der Waals surface area contributed by atoms with Crippen LogP contribution in [0.2, 0.25) is 0 Å². The van der Waals surface area contributed by atoms with Crippen LogP contribution in [0.5, 0.6) is 0 Å². The van der Waals surface area contributed by atoms with E-state index in [1.165, 1.54) is 37.3 Å². The smallest absolute Gasteiger partial charge is 0.304 e. The topological polar surface area (TPSA) is 136 Å². The minimum Gasteiger partial charge on any atom is -0.399 e. The first-order valence-electron chi connectivity index (χ1n) is 14.1. The molecule has 4 aromatic rings. The Balaban J connectivity index is -0.000000118. The maximum atomic E-state index is 12.4. The summed E-state index contributed by atoms with van der Waals surface area (Å²) in [5, 5.41) is 20.4.